The van der Waals surface area contributed by atoms with Crippen LogP contribution in [0.1, 0.15) is 62.1 Å². The fourth-order valence-electron chi connectivity index (χ4n) is 3.78. The summed E-state index contributed by atoms with van der Waals surface area (Å²) in [5.74, 6) is -0.109. The van der Waals surface area contributed by atoms with Gasteiger partial charge in [0.15, 0.2) is 0 Å². The molecule has 1 aromatic carbocycles. The Kier molecular flexibility index (Phi) is 2.70. The summed E-state index contributed by atoms with van der Waals surface area (Å²) in [4.78, 5) is 0. The van der Waals surface area contributed by atoms with Crippen molar-refractivity contribution in [1.29, 1.82) is 0 Å². The molecule has 1 spiro atoms. The van der Waals surface area contributed by atoms with Crippen LogP contribution in [0.3, 0.4) is 0 Å². The molecule has 1 aromatic rings. The molecule has 0 bridgehead atoms. The molecule has 1 fully saturated rings. The molecule has 92 valence electrons. The maximum atomic E-state index is 13.5. The topological polar surface area (TPSA) is 26.0 Å². The Bertz CT molecular complexity index is 421. The molecule has 3 rings (SSSR count). The van der Waals surface area contributed by atoms with E-state index in [1.54, 1.807) is 12.1 Å². The van der Waals surface area contributed by atoms with Gasteiger partial charge in [-0.15, -0.1) is 0 Å². The van der Waals surface area contributed by atoms with Crippen LogP contribution in [0.25, 0.3) is 0 Å². The molecule has 0 aliphatic heterocycles. The van der Waals surface area contributed by atoms with Gasteiger partial charge in [-0.05, 0) is 54.4 Å². The van der Waals surface area contributed by atoms with Crippen LogP contribution in [0, 0.1) is 5.82 Å². The fraction of sp³-hybridized carbons (Fsp3) is 0.600. The van der Waals surface area contributed by atoms with E-state index in [1.807, 2.05) is 6.07 Å². The summed E-state index contributed by atoms with van der Waals surface area (Å²) >= 11 is 0. The van der Waals surface area contributed by atoms with E-state index >= 15 is 0 Å². The van der Waals surface area contributed by atoms with Gasteiger partial charge in [0, 0.05) is 6.04 Å². The Labute approximate surface area is 102 Å². The third-order valence-corrected chi connectivity index (χ3v) is 4.73. The quantitative estimate of drug-likeness (QED) is 0.724. The summed E-state index contributed by atoms with van der Waals surface area (Å²) in [6, 6.07) is 5.32. The van der Waals surface area contributed by atoms with Gasteiger partial charge in [0.2, 0.25) is 0 Å². The Morgan fingerprint density at radius 3 is 2.65 bits per heavy atom. The van der Waals surface area contributed by atoms with E-state index in [9.17, 15) is 4.39 Å². The van der Waals surface area contributed by atoms with E-state index in [-0.39, 0.29) is 17.3 Å². The highest BCUT2D eigenvalue weighted by atomic mass is 19.1. The lowest BCUT2D eigenvalue weighted by molar-refractivity contribution is 0.243. The van der Waals surface area contributed by atoms with E-state index in [0.717, 1.165) is 12.8 Å². The lowest BCUT2D eigenvalue weighted by atomic mass is 9.62. The molecule has 2 aliphatic carbocycles. The second-order valence-corrected chi connectivity index (χ2v) is 5.72. The maximum Gasteiger partial charge on any atom is 0.123 e. The minimum absolute atomic E-state index is 0.109. The fourth-order valence-corrected chi connectivity index (χ4v) is 3.78. The first-order valence-electron chi connectivity index (χ1n) is 6.77. The first-order chi connectivity index (χ1) is 8.21. The minimum atomic E-state index is -0.109. The molecule has 0 aromatic heterocycles. The molecule has 1 atom stereocenters. The van der Waals surface area contributed by atoms with E-state index in [0.29, 0.717) is 0 Å². The molecule has 0 amide bonds. The van der Waals surface area contributed by atoms with Gasteiger partial charge in [-0.25, -0.2) is 4.39 Å². The Balaban J connectivity index is 2.09. The van der Waals surface area contributed by atoms with Crippen molar-refractivity contribution >= 4 is 0 Å². The van der Waals surface area contributed by atoms with Crippen molar-refractivity contribution in [2.24, 2.45) is 5.73 Å². The zero-order chi connectivity index (χ0) is 11.9. The van der Waals surface area contributed by atoms with E-state index in [2.05, 4.69) is 0 Å². The Morgan fingerprint density at radius 2 is 1.88 bits per heavy atom. The molecule has 1 nitrogen and oxygen atoms in total. The van der Waals surface area contributed by atoms with Crippen LogP contribution in [0.15, 0.2) is 18.2 Å². The third kappa shape index (κ3) is 1.79. The predicted octanol–water partition coefficient (Wildman–Crippen LogP) is 3.82. The summed E-state index contributed by atoms with van der Waals surface area (Å²) in [7, 11) is 0. The number of nitrogens with two attached hydrogens (primary N) is 1. The molecule has 1 unspecified atom stereocenters. The summed E-state index contributed by atoms with van der Waals surface area (Å²) in [6.07, 6.45) is 8.53. The lowest BCUT2D eigenvalue weighted by Gasteiger charge is -2.44. The molecule has 0 saturated heterocycles. The summed E-state index contributed by atoms with van der Waals surface area (Å²) in [5, 5.41) is 0. The van der Waals surface area contributed by atoms with Crippen LogP contribution in [0.2, 0.25) is 0 Å². The molecule has 2 aliphatic rings. The molecule has 2 heteroatoms. The van der Waals surface area contributed by atoms with Crippen LogP contribution in [-0.2, 0) is 5.41 Å². The minimum Gasteiger partial charge on any atom is -0.324 e. The smallest absolute Gasteiger partial charge is 0.123 e. The molecule has 0 radical (unpaired) electrons. The van der Waals surface area contributed by atoms with Crippen LogP contribution in [0.5, 0.6) is 0 Å². The SMILES string of the molecule is NC1CCC2(CCCCC2)c2cc(F)ccc21. The third-order valence-electron chi connectivity index (χ3n) is 4.73. The standard InChI is InChI=1S/C15H20FN/c16-11-4-5-12-13(10-11)15(9-6-14(12)17)7-2-1-3-8-15/h4-5,10,14H,1-3,6-9,17H2. The highest BCUT2D eigenvalue weighted by Crippen LogP contribution is 2.49. The zero-order valence-corrected chi connectivity index (χ0v) is 10.2. The number of fused-ring (bicyclic) bond motifs is 2. The van der Waals surface area contributed by atoms with E-state index in [4.69, 9.17) is 5.73 Å². The van der Waals surface area contributed by atoms with Crippen LogP contribution >= 0.6 is 0 Å². The van der Waals surface area contributed by atoms with Gasteiger partial charge in [0.1, 0.15) is 5.82 Å². The highest BCUT2D eigenvalue weighted by molar-refractivity contribution is 5.39. The molecular weight excluding hydrogens is 213 g/mol. The number of rotatable bonds is 0. The normalized spacial score (nSPS) is 26.8. The average molecular weight is 233 g/mol. The van der Waals surface area contributed by atoms with Crippen molar-refractivity contribution in [2.75, 3.05) is 0 Å². The van der Waals surface area contributed by atoms with Crippen LogP contribution in [0.4, 0.5) is 4.39 Å². The van der Waals surface area contributed by atoms with Crippen molar-refractivity contribution in [3.8, 4) is 0 Å². The van der Waals surface area contributed by atoms with Crippen molar-refractivity contribution in [3.63, 3.8) is 0 Å². The first kappa shape index (κ1) is 11.2. The van der Waals surface area contributed by atoms with E-state index in [1.165, 1.54) is 43.2 Å². The largest absolute Gasteiger partial charge is 0.324 e. The van der Waals surface area contributed by atoms with E-state index < -0.39 is 0 Å². The zero-order valence-electron chi connectivity index (χ0n) is 10.2. The predicted molar refractivity (Wildman–Crippen MR) is 67.3 cm³/mol. The van der Waals surface area contributed by atoms with Crippen LogP contribution < -0.4 is 5.73 Å². The van der Waals surface area contributed by atoms with Gasteiger partial charge in [-0.2, -0.15) is 0 Å². The van der Waals surface area contributed by atoms with Gasteiger partial charge in [0.05, 0.1) is 0 Å². The summed E-state index contributed by atoms with van der Waals surface area (Å²) in [6.45, 7) is 0. The second kappa shape index (κ2) is 4.09. The van der Waals surface area contributed by atoms with Crippen molar-refractivity contribution in [1.82, 2.24) is 0 Å². The van der Waals surface area contributed by atoms with Crippen molar-refractivity contribution in [2.45, 2.75) is 56.4 Å². The van der Waals surface area contributed by atoms with Gasteiger partial charge in [-0.3, -0.25) is 0 Å². The molecule has 0 heterocycles. The molecular formula is C15H20FN. The van der Waals surface area contributed by atoms with Gasteiger partial charge in [0.25, 0.3) is 0 Å². The van der Waals surface area contributed by atoms with Gasteiger partial charge in [-0.1, -0.05) is 25.3 Å². The number of benzene rings is 1. The number of hydrogen-bond acceptors (Lipinski definition) is 1. The van der Waals surface area contributed by atoms with Crippen LogP contribution in [-0.4, -0.2) is 0 Å². The van der Waals surface area contributed by atoms with Crippen molar-refractivity contribution < 1.29 is 4.39 Å². The second-order valence-electron chi connectivity index (χ2n) is 5.72. The Morgan fingerprint density at radius 1 is 1.12 bits per heavy atom. The first-order valence-corrected chi connectivity index (χ1v) is 6.77. The Hall–Kier alpha value is -0.890. The highest BCUT2D eigenvalue weighted by Gasteiger charge is 2.39. The molecule has 17 heavy (non-hydrogen) atoms. The lowest BCUT2D eigenvalue weighted by Crippen LogP contribution is -2.36. The van der Waals surface area contributed by atoms with Crippen molar-refractivity contribution in [3.05, 3.63) is 35.1 Å². The van der Waals surface area contributed by atoms with Gasteiger partial charge >= 0.3 is 0 Å². The molecule has 1 saturated carbocycles. The number of halogens is 1. The monoisotopic (exact) mass is 233 g/mol. The summed E-state index contributed by atoms with van der Waals surface area (Å²) in [5.41, 5.74) is 8.82. The van der Waals surface area contributed by atoms with Gasteiger partial charge < -0.3 is 5.73 Å². The number of hydrogen-bond donors (Lipinski definition) is 1. The average Bonchev–Trinajstić information content (AvgIpc) is 2.36. The summed E-state index contributed by atoms with van der Waals surface area (Å²) < 4.78 is 13.5. The molecule has 2 N–H and O–H groups in total. The maximum absolute atomic E-state index is 13.5.